The van der Waals surface area contributed by atoms with Crippen LogP contribution in [-0.2, 0) is 0 Å². The highest BCUT2D eigenvalue weighted by molar-refractivity contribution is 6.28. The third-order valence-electron chi connectivity index (χ3n) is 4.19. The molecule has 0 radical (unpaired) electrons. The Hall–Kier alpha value is -2.01. The average Bonchev–Trinajstić information content (AvgIpc) is 3.32. The van der Waals surface area contributed by atoms with Crippen LogP contribution < -0.4 is 0 Å². The van der Waals surface area contributed by atoms with Gasteiger partial charge < -0.3 is 0 Å². The van der Waals surface area contributed by atoms with E-state index in [-0.39, 0.29) is 17.0 Å². The lowest BCUT2D eigenvalue weighted by Crippen LogP contribution is -2.05. The lowest BCUT2D eigenvalue weighted by atomic mass is 10.1. The predicted octanol–water partition coefficient (Wildman–Crippen LogP) is 4.61. The van der Waals surface area contributed by atoms with E-state index >= 15 is 0 Å². The summed E-state index contributed by atoms with van der Waals surface area (Å²) in [5.74, 6) is 0.939. The van der Waals surface area contributed by atoms with Crippen molar-refractivity contribution in [3.8, 4) is 5.82 Å². The van der Waals surface area contributed by atoms with Crippen LogP contribution in [0.2, 0.25) is 5.28 Å². The van der Waals surface area contributed by atoms with Crippen LogP contribution in [0, 0.1) is 5.82 Å². The number of aromatic nitrogens is 4. The maximum absolute atomic E-state index is 14.9. The molecule has 1 aliphatic carbocycles. The highest BCUT2D eigenvalue weighted by Gasteiger charge is 2.34. The number of nitrogens with zero attached hydrogens (tertiary/aromatic N) is 4. The van der Waals surface area contributed by atoms with E-state index in [4.69, 9.17) is 16.6 Å². The second kappa shape index (κ2) is 5.27. The number of halogens is 2. The fourth-order valence-electron chi connectivity index (χ4n) is 2.86. The summed E-state index contributed by atoms with van der Waals surface area (Å²) in [5.41, 5.74) is 2.09. The van der Waals surface area contributed by atoms with Gasteiger partial charge in [0.15, 0.2) is 11.5 Å². The zero-order valence-electron chi connectivity index (χ0n) is 12.9. The van der Waals surface area contributed by atoms with Gasteiger partial charge in [0.1, 0.15) is 5.82 Å². The molecule has 1 fully saturated rings. The topological polar surface area (TPSA) is 43.6 Å². The van der Waals surface area contributed by atoms with Gasteiger partial charge in [-0.2, -0.15) is 4.98 Å². The van der Waals surface area contributed by atoms with Crippen molar-refractivity contribution < 1.29 is 4.39 Å². The third-order valence-corrected chi connectivity index (χ3v) is 4.38. The minimum atomic E-state index is -0.254. The van der Waals surface area contributed by atoms with Crippen molar-refractivity contribution in [1.82, 2.24) is 19.5 Å². The maximum atomic E-state index is 14.9. The van der Waals surface area contributed by atoms with Crippen LogP contribution in [0.15, 0.2) is 24.4 Å². The van der Waals surface area contributed by atoms with Crippen molar-refractivity contribution in [2.24, 2.45) is 0 Å². The first-order valence-electron chi connectivity index (χ1n) is 7.76. The molecule has 0 saturated heterocycles. The molecule has 3 aromatic rings. The molecule has 118 valence electrons. The Morgan fingerprint density at radius 2 is 2.04 bits per heavy atom. The normalized spacial score (nSPS) is 14.8. The van der Waals surface area contributed by atoms with Gasteiger partial charge in [0.25, 0.3) is 0 Å². The summed E-state index contributed by atoms with van der Waals surface area (Å²) in [6, 6.07) is 5.81. The van der Waals surface area contributed by atoms with Crippen molar-refractivity contribution in [3.05, 3.63) is 46.9 Å². The van der Waals surface area contributed by atoms with Gasteiger partial charge in [-0.3, -0.25) is 4.57 Å². The van der Waals surface area contributed by atoms with E-state index in [2.05, 4.69) is 23.8 Å². The summed E-state index contributed by atoms with van der Waals surface area (Å²) < 4.78 is 16.7. The summed E-state index contributed by atoms with van der Waals surface area (Å²) in [6.45, 7) is 4.17. The molecule has 0 spiro atoms. The number of hydrogen-bond acceptors (Lipinski definition) is 3. The molecule has 4 nitrogen and oxygen atoms in total. The predicted molar refractivity (Wildman–Crippen MR) is 87.7 cm³/mol. The van der Waals surface area contributed by atoms with Gasteiger partial charge in [-0.05, 0) is 42.5 Å². The lowest BCUT2D eigenvalue weighted by molar-refractivity contribution is 0.612. The third kappa shape index (κ3) is 2.39. The summed E-state index contributed by atoms with van der Waals surface area (Å²) >= 11 is 5.94. The molecule has 0 bridgehead atoms. The van der Waals surface area contributed by atoms with Crippen molar-refractivity contribution in [2.45, 2.75) is 38.5 Å². The Kier molecular flexibility index (Phi) is 3.34. The van der Waals surface area contributed by atoms with E-state index < -0.39 is 0 Å². The van der Waals surface area contributed by atoms with Crippen LogP contribution in [-0.4, -0.2) is 19.5 Å². The lowest BCUT2D eigenvalue weighted by Gasteiger charge is -2.11. The van der Waals surface area contributed by atoms with Gasteiger partial charge in [-0.1, -0.05) is 19.9 Å². The first-order valence-corrected chi connectivity index (χ1v) is 8.13. The summed E-state index contributed by atoms with van der Waals surface area (Å²) in [4.78, 5) is 12.9. The van der Waals surface area contributed by atoms with Crippen LogP contribution >= 0.6 is 11.6 Å². The van der Waals surface area contributed by atoms with E-state index in [1.54, 1.807) is 0 Å². The minimum absolute atomic E-state index is 0.110. The van der Waals surface area contributed by atoms with E-state index in [1.165, 1.54) is 6.20 Å². The SMILES string of the molecule is CC(C)c1cccc(-n2c(C3CC3)c(F)c3cnc(Cl)nc32)n1. The Morgan fingerprint density at radius 3 is 2.74 bits per heavy atom. The van der Waals surface area contributed by atoms with Crippen molar-refractivity contribution in [1.29, 1.82) is 0 Å². The molecule has 3 aromatic heterocycles. The van der Waals surface area contributed by atoms with Crippen molar-refractivity contribution >= 4 is 22.6 Å². The summed E-state index contributed by atoms with van der Waals surface area (Å²) in [6.07, 6.45) is 3.42. The average molecular weight is 331 g/mol. The fourth-order valence-corrected chi connectivity index (χ4v) is 2.99. The van der Waals surface area contributed by atoms with Gasteiger partial charge in [0.05, 0.1) is 11.1 Å². The number of hydrogen-bond donors (Lipinski definition) is 0. The molecule has 0 aromatic carbocycles. The smallest absolute Gasteiger partial charge is 0.224 e. The van der Waals surface area contributed by atoms with E-state index in [0.29, 0.717) is 28.5 Å². The zero-order valence-corrected chi connectivity index (χ0v) is 13.7. The molecule has 23 heavy (non-hydrogen) atoms. The number of pyridine rings is 1. The Morgan fingerprint density at radius 1 is 1.26 bits per heavy atom. The summed E-state index contributed by atoms with van der Waals surface area (Å²) in [7, 11) is 0. The van der Waals surface area contributed by atoms with Crippen molar-refractivity contribution in [3.63, 3.8) is 0 Å². The summed E-state index contributed by atoms with van der Waals surface area (Å²) in [5, 5.41) is 0.506. The van der Waals surface area contributed by atoms with E-state index in [0.717, 1.165) is 18.5 Å². The van der Waals surface area contributed by atoms with Gasteiger partial charge in [0.2, 0.25) is 5.28 Å². The van der Waals surface area contributed by atoms with Crippen molar-refractivity contribution in [2.75, 3.05) is 0 Å². The fraction of sp³-hybridized carbons (Fsp3) is 0.353. The molecular weight excluding hydrogens is 315 g/mol. The second-order valence-corrected chi connectivity index (χ2v) is 6.60. The molecule has 3 heterocycles. The van der Waals surface area contributed by atoms with Gasteiger partial charge in [-0.15, -0.1) is 0 Å². The Labute approximate surface area is 138 Å². The molecule has 6 heteroatoms. The molecule has 1 aliphatic rings. The Bertz CT molecular complexity index is 899. The van der Waals surface area contributed by atoms with Crippen LogP contribution in [0.3, 0.4) is 0 Å². The molecule has 4 rings (SSSR count). The standard InChI is InChI=1S/C17H16ClFN4/c1-9(2)12-4-3-5-13(21-12)23-15(10-6-7-10)14(19)11-8-20-17(18)22-16(11)23/h3-5,8-10H,6-7H2,1-2H3. The maximum Gasteiger partial charge on any atom is 0.224 e. The quantitative estimate of drug-likeness (QED) is 0.659. The van der Waals surface area contributed by atoms with Gasteiger partial charge in [-0.25, -0.2) is 14.4 Å². The minimum Gasteiger partial charge on any atom is -0.279 e. The molecule has 0 unspecified atom stereocenters. The molecule has 0 amide bonds. The monoisotopic (exact) mass is 330 g/mol. The number of fused-ring (bicyclic) bond motifs is 1. The molecule has 1 saturated carbocycles. The van der Waals surface area contributed by atoms with Crippen LogP contribution in [0.4, 0.5) is 4.39 Å². The van der Waals surface area contributed by atoms with Crippen LogP contribution in [0.1, 0.15) is 49.9 Å². The van der Waals surface area contributed by atoms with Gasteiger partial charge >= 0.3 is 0 Å². The van der Waals surface area contributed by atoms with E-state index in [1.807, 2.05) is 22.8 Å². The number of rotatable bonds is 3. The highest BCUT2D eigenvalue weighted by atomic mass is 35.5. The van der Waals surface area contributed by atoms with Crippen LogP contribution in [0.25, 0.3) is 16.9 Å². The first-order chi connectivity index (χ1) is 11.1. The first kappa shape index (κ1) is 14.6. The zero-order chi connectivity index (χ0) is 16.1. The molecule has 0 N–H and O–H groups in total. The van der Waals surface area contributed by atoms with Crippen LogP contribution in [0.5, 0.6) is 0 Å². The molecule has 0 aliphatic heterocycles. The Balaban J connectivity index is 2.03. The largest absolute Gasteiger partial charge is 0.279 e. The van der Waals surface area contributed by atoms with E-state index in [9.17, 15) is 4.39 Å². The highest BCUT2D eigenvalue weighted by Crippen LogP contribution is 2.44. The van der Waals surface area contributed by atoms with Gasteiger partial charge in [0, 0.05) is 17.8 Å². The second-order valence-electron chi connectivity index (χ2n) is 6.26. The molecule has 0 atom stereocenters. The molecular formula is C17H16ClFN4.